The van der Waals surface area contributed by atoms with Crippen molar-refractivity contribution in [2.24, 2.45) is 0 Å². The molecule has 1 atom stereocenters. The van der Waals surface area contributed by atoms with E-state index >= 15 is 0 Å². The third-order valence-corrected chi connectivity index (χ3v) is 5.37. The van der Waals surface area contributed by atoms with Crippen molar-refractivity contribution in [2.45, 2.75) is 149 Å². The van der Waals surface area contributed by atoms with Gasteiger partial charge in [0, 0.05) is 6.42 Å². The lowest BCUT2D eigenvalue weighted by Gasteiger charge is -2.16. The van der Waals surface area contributed by atoms with Gasteiger partial charge in [0.15, 0.2) is 0 Å². The highest BCUT2D eigenvalue weighted by atomic mass is 16.5. The fraction of sp³-hybridized carbons (Fsp3) is 0.958. The van der Waals surface area contributed by atoms with E-state index in [1.54, 1.807) is 0 Å². The largest absolute Gasteiger partial charge is 0.462 e. The summed E-state index contributed by atoms with van der Waals surface area (Å²) in [5.41, 5.74) is 0. The quantitative estimate of drug-likeness (QED) is 0.159. The number of esters is 1. The lowest BCUT2D eigenvalue weighted by molar-refractivity contribution is -0.149. The summed E-state index contributed by atoms with van der Waals surface area (Å²) in [6.45, 7) is 6.65. The molecule has 0 rings (SSSR count). The molecule has 0 aromatic rings. The molecule has 156 valence electrons. The number of ether oxygens (including phenoxy) is 1. The predicted molar refractivity (Wildman–Crippen MR) is 115 cm³/mol. The van der Waals surface area contributed by atoms with Crippen molar-refractivity contribution < 1.29 is 9.53 Å². The summed E-state index contributed by atoms with van der Waals surface area (Å²) in [5, 5.41) is 0. The van der Waals surface area contributed by atoms with E-state index in [4.69, 9.17) is 4.74 Å². The summed E-state index contributed by atoms with van der Waals surface area (Å²) in [6.07, 6.45) is 23.7. The van der Waals surface area contributed by atoms with E-state index in [-0.39, 0.29) is 12.1 Å². The maximum atomic E-state index is 12.0. The van der Waals surface area contributed by atoms with E-state index in [0.29, 0.717) is 6.42 Å². The lowest BCUT2D eigenvalue weighted by atomic mass is 10.0. The number of hydrogen-bond donors (Lipinski definition) is 0. The molecule has 0 amide bonds. The van der Waals surface area contributed by atoms with E-state index in [1.165, 1.54) is 96.3 Å². The normalized spacial score (nSPS) is 12.3. The van der Waals surface area contributed by atoms with Gasteiger partial charge in [0.1, 0.15) is 6.10 Å². The molecule has 0 N–H and O–H groups in total. The van der Waals surface area contributed by atoms with Gasteiger partial charge < -0.3 is 4.74 Å². The average molecular weight is 369 g/mol. The Kier molecular flexibility index (Phi) is 20.4. The number of carbonyl (C=O) groups is 1. The van der Waals surface area contributed by atoms with Crippen LogP contribution in [0.4, 0.5) is 0 Å². The first-order valence-electron chi connectivity index (χ1n) is 11.9. The standard InChI is InChI=1S/C24H48O2/c1-4-7-9-11-13-14-16-17-19-21-23(6-3)26-24(25)22-20-18-15-12-10-8-5-2/h23H,4-22H2,1-3H3/t23-/m0/s1. The maximum absolute atomic E-state index is 12.0. The zero-order valence-corrected chi connectivity index (χ0v) is 18.3. The zero-order chi connectivity index (χ0) is 19.3. The first-order chi connectivity index (χ1) is 12.7. The lowest BCUT2D eigenvalue weighted by Crippen LogP contribution is -2.17. The molecule has 2 heteroatoms. The van der Waals surface area contributed by atoms with Crippen LogP contribution in [0.3, 0.4) is 0 Å². The van der Waals surface area contributed by atoms with Crippen molar-refractivity contribution in [1.29, 1.82) is 0 Å². The van der Waals surface area contributed by atoms with Gasteiger partial charge in [-0.2, -0.15) is 0 Å². The highest BCUT2D eigenvalue weighted by molar-refractivity contribution is 5.69. The molecule has 0 aliphatic heterocycles. The molecule has 0 aromatic carbocycles. The van der Waals surface area contributed by atoms with Crippen LogP contribution < -0.4 is 0 Å². The van der Waals surface area contributed by atoms with Gasteiger partial charge in [0.25, 0.3) is 0 Å². The fourth-order valence-electron chi connectivity index (χ4n) is 3.50. The monoisotopic (exact) mass is 368 g/mol. The molecule has 0 heterocycles. The second kappa shape index (κ2) is 20.8. The van der Waals surface area contributed by atoms with Crippen LogP contribution in [0.25, 0.3) is 0 Å². The minimum Gasteiger partial charge on any atom is -0.462 e. The van der Waals surface area contributed by atoms with Gasteiger partial charge in [-0.15, -0.1) is 0 Å². The van der Waals surface area contributed by atoms with E-state index in [9.17, 15) is 4.79 Å². The second-order valence-electron chi connectivity index (χ2n) is 8.01. The molecule has 0 fully saturated rings. The van der Waals surface area contributed by atoms with Gasteiger partial charge in [0.05, 0.1) is 0 Å². The summed E-state index contributed by atoms with van der Waals surface area (Å²) in [5.74, 6) is 0.0290. The van der Waals surface area contributed by atoms with Crippen LogP contribution in [0.2, 0.25) is 0 Å². The molecule has 0 saturated heterocycles. The summed E-state index contributed by atoms with van der Waals surface area (Å²) in [6, 6.07) is 0. The molecule has 0 aromatic heterocycles. The van der Waals surface area contributed by atoms with Crippen molar-refractivity contribution in [2.75, 3.05) is 0 Å². The van der Waals surface area contributed by atoms with Crippen LogP contribution in [0.5, 0.6) is 0 Å². The molecular weight excluding hydrogens is 320 g/mol. The molecule has 2 nitrogen and oxygen atoms in total. The molecule has 0 radical (unpaired) electrons. The Balaban J connectivity index is 3.49. The molecule has 0 bridgehead atoms. The molecule has 0 spiro atoms. The molecule has 0 saturated carbocycles. The van der Waals surface area contributed by atoms with Crippen molar-refractivity contribution in [3.05, 3.63) is 0 Å². The van der Waals surface area contributed by atoms with Crippen molar-refractivity contribution in [1.82, 2.24) is 0 Å². The Morgan fingerprint density at radius 1 is 0.615 bits per heavy atom. The van der Waals surface area contributed by atoms with Crippen LogP contribution in [-0.4, -0.2) is 12.1 Å². The number of unbranched alkanes of at least 4 members (excludes halogenated alkanes) is 14. The number of carbonyl (C=O) groups excluding carboxylic acids is 1. The van der Waals surface area contributed by atoms with Gasteiger partial charge >= 0.3 is 5.97 Å². The Bertz CT molecular complexity index is 288. The molecule has 26 heavy (non-hydrogen) atoms. The summed E-state index contributed by atoms with van der Waals surface area (Å²) >= 11 is 0. The minimum atomic E-state index is 0.0290. The molecule has 0 unspecified atom stereocenters. The van der Waals surface area contributed by atoms with Crippen LogP contribution >= 0.6 is 0 Å². The van der Waals surface area contributed by atoms with E-state index in [0.717, 1.165) is 19.3 Å². The fourth-order valence-corrected chi connectivity index (χ4v) is 3.50. The zero-order valence-electron chi connectivity index (χ0n) is 18.3. The van der Waals surface area contributed by atoms with Crippen LogP contribution in [0.15, 0.2) is 0 Å². The van der Waals surface area contributed by atoms with Crippen molar-refractivity contribution >= 4 is 5.97 Å². The Labute approximate surface area is 164 Å². The molecular formula is C24H48O2. The van der Waals surface area contributed by atoms with Gasteiger partial charge in [-0.25, -0.2) is 0 Å². The van der Waals surface area contributed by atoms with E-state index in [1.807, 2.05) is 0 Å². The predicted octanol–water partition coefficient (Wildman–Crippen LogP) is 8.37. The van der Waals surface area contributed by atoms with Gasteiger partial charge in [0.2, 0.25) is 0 Å². The Hall–Kier alpha value is -0.530. The van der Waals surface area contributed by atoms with Gasteiger partial charge in [-0.05, 0) is 25.7 Å². The minimum absolute atomic E-state index is 0.0290. The average Bonchev–Trinajstić information content (AvgIpc) is 2.65. The first kappa shape index (κ1) is 25.5. The molecule has 0 aliphatic rings. The van der Waals surface area contributed by atoms with Crippen LogP contribution in [0, 0.1) is 0 Å². The van der Waals surface area contributed by atoms with E-state index in [2.05, 4.69) is 20.8 Å². The third-order valence-electron chi connectivity index (χ3n) is 5.37. The Morgan fingerprint density at radius 2 is 1.04 bits per heavy atom. The first-order valence-corrected chi connectivity index (χ1v) is 11.9. The van der Waals surface area contributed by atoms with Crippen LogP contribution in [-0.2, 0) is 9.53 Å². The second-order valence-corrected chi connectivity index (χ2v) is 8.01. The highest BCUT2D eigenvalue weighted by Gasteiger charge is 2.12. The summed E-state index contributed by atoms with van der Waals surface area (Å²) in [7, 11) is 0. The smallest absolute Gasteiger partial charge is 0.306 e. The van der Waals surface area contributed by atoms with Crippen molar-refractivity contribution in [3.8, 4) is 0 Å². The molecule has 0 aliphatic carbocycles. The van der Waals surface area contributed by atoms with Crippen LogP contribution in [0.1, 0.15) is 143 Å². The van der Waals surface area contributed by atoms with Gasteiger partial charge in [-0.3, -0.25) is 4.79 Å². The SMILES string of the molecule is CCCCCCCCCCC[C@H](CC)OC(=O)CCCCCCCCC. The number of hydrogen-bond acceptors (Lipinski definition) is 2. The van der Waals surface area contributed by atoms with Gasteiger partial charge in [-0.1, -0.05) is 111 Å². The summed E-state index contributed by atoms with van der Waals surface area (Å²) < 4.78 is 5.68. The van der Waals surface area contributed by atoms with Crippen molar-refractivity contribution in [3.63, 3.8) is 0 Å². The highest BCUT2D eigenvalue weighted by Crippen LogP contribution is 2.15. The Morgan fingerprint density at radius 3 is 1.50 bits per heavy atom. The maximum Gasteiger partial charge on any atom is 0.306 e. The van der Waals surface area contributed by atoms with E-state index < -0.39 is 0 Å². The topological polar surface area (TPSA) is 26.3 Å². The number of rotatable bonds is 20. The summed E-state index contributed by atoms with van der Waals surface area (Å²) in [4.78, 5) is 12.0. The third kappa shape index (κ3) is 18.3.